The minimum Gasteiger partial charge on any atom is -0.480 e. The first-order valence-electron chi connectivity index (χ1n) is 9.34. The first kappa shape index (κ1) is 28.7. The highest BCUT2D eigenvalue weighted by Crippen LogP contribution is 2.04. The quantitative estimate of drug-likeness (QED) is 0.363. The average Bonchev–Trinajstić information content (AvgIpc) is 2.67. The molecule has 166 valence electrons. The van der Waals surface area contributed by atoms with Gasteiger partial charge in [-0.1, -0.05) is 64.4 Å². The van der Waals surface area contributed by atoms with Gasteiger partial charge in [-0.2, -0.15) is 0 Å². The van der Waals surface area contributed by atoms with Gasteiger partial charge in [0.25, 0.3) is 0 Å². The molecule has 0 aliphatic heterocycles. The van der Waals surface area contributed by atoms with Crippen LogP contribution in [-0.2, 0) is 20.8 Å². The minimum absolute atomic E-state index is 0.0208. The van der Waals surface area contributed by atoms with Gasteiger partial charge in [0.15, 0.2) is 0 Å². The summed E-state index contributed by atoms with van der Waals surface area (Å²) in [6, 6.07) is 7.13. The lowest BCUT2D eigenvalue weighted by Crippen LogP contribution is -2.36. The van der Waals surface area contributed by atoms with Crippen LogP contribution in [0.15, 0.2) is 30.3 Å². The highest BCUT2D eigenvalue weighted by molar-refractivity contribution is 5.74. The Kier molecular flexibility index (Phi) is 15.3. The van der Waals surface area contributed by atoms with Crippen LogP contribution in [0.2, 0.25) is 0 Å². The van der Waals surface area contributed by atoms with Crippen LogP contribution in [0.25, 0.3) is 0 Å². The molecule has 0 unspecified atom stereocenters. The van der Waals surface area contributed by atoms with Gasteiger partial charge in [-0.15, -0.1) is 0 Å². The molecular weight excluding hydrogens is 378 g/mol. The molecule has 1 aromatic rings. The lowest BCUT2D eigenvalue weighted by atomic mass is 10.0. The van der Waals surface area contributed by atoms with Gasteiger partial charge in [-0.3, -0.25) is 14.4 Å². The van der Waals surface area contributed by atoms with Gasteiger partial charge in [-0.25, -0.2) is 0 Å². The SMILES string of the molecule is CC(C)[C@H](N)C(=O)O.CC[C@H](C)[C@H](N)C(=O)O.N[C@@H](Cc1ccccc1)C(=O)O. The molecule has 0 bridgehead atoms. The second-order valence-electron chi connectivity index (χ2n) is 6.99. The molecule has 1 rings (SSSR count). The Bertz CT molecular complexity index is 609. The van der Waals surface area contributed by atoms with Gasteiger partial charge >= 0.3 is 17.9 Å². The third-order valence-corrected chi connectivity index (χ3v) is 4.16. The number of carbonyl (C=O) groups is 3. The predicted octanol–water partition coefficient (Wildman–Crippen LogP) is 1.14. The van der Waals surface area contributed by atoms with E-state index in [0.717, 1.165) is 12.0 Å². The summed E-state index contributed by atoms with van der Waals surface area (Å²) in [5.74, 6) is -2.71. The van der Waals surface area contributed by atoms with Gasteiger partial charge in [-0.05, 0) is 23.8 Å². The van der Waals surface area contributed by atoms with Crippen molar-refractivity contribution < 1.29 is 29.7 Å². The number of benzene rings is 1. The van der Waals surface area contributed by atoms with E-state index in [9.17, 15) is 14.4 Å². The van der Waals surface area contributed by atoms with E-state index >= 15 is 0 Å². The first-order valence-corrected chi connectivity index (χ1v) is 9.34. The summed E-state index contributed by atoms with van der Waals surface area (Å²) >= 11 is 0. The number of carboxylic acid groups (broad SMARTS) is 3. The lowest BCUT2D eigenvalue weighted by molar-refractivity contribution is -0.140. The molecule has 9 nitrogen and oxygen atoms in total. The first-order chi connectivity index (χ1) is 13.3. The van der Waals surface area contributed by atoms with Crippen LogP contribution in [0.4, 0.5) is 0 Å². The van der Waals surface area contributed by atoms with E-state index in [2.05, 4.69) is 0 Å². The van der Waals surface area contributed by atoms with Crippen LogP contribution in [0, 0.1) is 11.8 Å². The molecule has 0 aliphatic rings. The molecule has 4 atom stereocenters. The Balaban J connectivity index is 0. The van der Waals surface area contributed by atoms with Crippen LogP contribution >= 0.6 is 0 Å². The maximum atomic E-state index is 10.4. The zero-order chi connectivity index (χ0) is 23.1. The molecule has 29 heavy (non-hydrogen) atoms. The normalized spacial score (nSPS) is 14.2. The van der Waals surface area contributed by atoms with E-state index in [-0.39, 0.29) is 11.8 Å². The largest absolute Gasteiger partial charge is 0.480 e. The van der Waals surface area contributed by atoms with E-state index < -0.39 is 36.0 Å². The summed E-state index contributed by atoms with van der Waals surface area (Å²) in [6.07, 6.45) is 1.20. The molecule has 1 aromatic carbocycles. The van der Waals surface area contributed by atoms with Crippen molar-refractivity contribution in [3.8, 4) is 0 Å². The van der Waals surface area contributed by atoms with Crippen LogP contribution in [-0.4, -0.2) is 51.4 Å². The molecule has 0 radical (unpaired) electrons. The van der Waals surface area contributed by atoms with E-state index in [1.54, 1.807) is 13.8 Å². The van der Waals surface area contributed by atoms with Crippen molar-refractivity contribution in [3.63, 3.8) is 0 Å². The molecule has 0 saturated carbocycles. The molecule has 0 aromatic heterocycles. The van der Waals surface area contributed by atoms with Crippen LogP contribution < -0.4 is 17.2 Å². The fourth-order valence-electron chi connectivity index (χ4n) is 1.74. The summed E-state index contributed by atoms with van der Waals surface area (Å²) in [6.45, 7) is 7.31. The monoisotopic (exact) mass is 413 g/mol. The Hall–Kier alpha value is -2.49. The van der Waals surface area contributed by atoms with Crippen molar-refractivity contribution in [2.24, 2.45) is 29.0 Å². The summed E-state index contributed by atoms with van der Waals surface area (Å²) in [5, 5.41) is 25.1. The zero-order valence-electron chi connectivity index (χ0n) is 17.5. The highest BCUT2D eigenvalue weighted by Gasteiger charge is 2.17. The number of hydrogen-bond donors (Lipinski definition) is 6. The van der Waals surface area contributed by atoms with Crippen molar-refractivity contribution in [3.05, 3.63) is 35.9 Å². The third kappa shape index (κ3) is 14.2. The summed E-state index contributed by atoms with van der Waals surface area (Å²) in [7, 11) is 0. The molecule has 0 aliphatic carbocycles. The molecule has 0 heterocycles. The van der Waals surface area contributed by atoms with Gasteiger partial charge in [0.2, 0.25) is 0 Å². The fourth-order valence-corrected chi connectivity index (χ4v) is 1.74. The minimum atomic E-state index is -0.959. The molecule has 0 fully saturated rings. The van der Waals surface area contributed by atoms with Gasteiger partial charge in [0.05, 0.1) is 0 Å². The van der Waals surface area contributed by atoms with Crippen LogP contribution in [0.1, 0.15) is 39.7 Å². The van der Waals surface area contributed by atoms with Crippen molar-refractivity contribution in [2.45, 2.75) is 58.7 Å². The standard InChI is InChI=1S/C9H11NO2.C6H13NO2.C5H11NO2/c10-8(9(11)12)6-7-4-2-1-3-5-7;1-3-4(2)5(7)6(8)9;1-3(2)4(6)5(7)8/h1-5,8H,6,10H2,(H,11,12);4-5H,3,7H2,1-2H3,(H,8,9);3-4H,6H2,1-2H3,(H,7,8)/t8-;4-,5-;4-/m000/s1. The fraction of sp³-hybridized carbons (Fsp3) is 0.550. The molecule has 0 amide bonds. The number of rotatable bonds is 8. The van der Waals surface area contributed by atoms with Crippen molar-refractivity contribution in [2.75, 3.05) is 0 Å². The summed E-state index contributed by atoms with van der Waals surface area (Å²) in [4.78, 5) is 30.6. The van der Waals surface area contributed by atoms with Crippen molar-refractivity contribution in [1.29, 1.82) is 0 Å². The van der Waals surface area contributed by atoms with Crippen molar-refractivity contribution in [1.82, 2.24) is 0 Å². The molecular formula is C20H35N3O6. The summed E-state index contributed by atoms with van der Waals surface area (Å²) in [5.41, 5.74) is 16.7. The van der Waals surface area contributed by atoms with Gasteiger partial charge in [0.1, 0.15) is 18.1 Å². The molecule has 0 spiro atoms. The van der Waals surface area contributed by atoms with Gasteiger partial charge < -0.3 is 32.5 Å². The van der Waals surface area contributed by atoms with E-state index in [0.29, 0.717) is 6.42 Å². The Morgan fingerprint density at radius 1 is 0.828 bits per heavy atom. The number of carboxylic acids is 3. The lowest BCUT2D eigenvalue weighted by Gasteiger charge is -2.11. The zero-order valence-corrected chi connectivity index (χ0v) is 17.5. The van der Waals surface area contributed by atoms with E-state index in [4.69, 9.17) is 32.5 Å². The topological polar surface area (TPSA) is 190 Å². The Morgan fingerprint density at radius 3 is 1.52 bits per heavy atom. The number of aliphatic carboxylic acids is 3. The van der Waals surface area contributed by atoms with Gasteiger partial charge in [0, 0.05) is 0 Å². The maximum absolute atomic E-state index is 10.4. The Labute approximate surface area is 171 Å². The van der Waals surface area contributed by atoms with Crippen LogP contribution in [0.5, 0.6) is 0 Å². The number of nitrogens with two attached hydrogens (primary N) is 3. The average molecular weight is 414 g/mol. The molecule has 9 heteroatoms. The predicted molar refractivity (Wildman–Crippen MR) is 111 cm³/mol. The number of hydrogen-bond acceptors (Lipinski definition) is 6. The third-order valence-electron chi connectivity index (χ3n) is 4.16. The molecule has 0 saturated heterocycles. The van der Waals surface area contributed by atoms with E-state index in [1.807, 2.05) is 44.2 Å². The van der Waals surface area contributed by atoms with E-state index in [1.165, 1.54) is 0 Å². The maximum Gasteiger partial charge on any atom is 0.320 e. The smallest absolute Gasteiger partial charge is 0.320 e. The Morgan fingerprint density at radius 2 is 1.28 bits per heavy atom. The second-order valence-corrected chi connectivity index (χ2v) is 6.99. The highest BCUT2D eigenvalue weighted by atomic mass is 16.4. The molecule has 9 N–H and O–H groups in total. The van der Waals surface area contributed by atoms with Crippen molar-refractivity contribution >= 4 is 17.9 Å². The van der Waals surface area contributed by atoms with Crippen LogP contribution in [0.3, 0.4) is 0 Å². The second kappa shape index (κ2) is 15.4. The summed E-state index contributed by atoms with van der Waals surface area (Å²) < 4.78 is 0.